The van der Waals surface area contributed by atoms with Crippen molar-refractivity contribution in [1.82, 2.24) is 15.2 Å². The largest absolute Gasteiger partial charge is 0.338 e. The van der Waals surface area contributed by atoms with Crippen molar-refractivity contribution >= 4 is 17.2 Å². The Labute approximate surface area is 118 Å². The molecule has 4 nitrogen and oxygen atoms in total. The van der Waals surface area contributed by atoms with Crippen LogP contribution in [-0.4, -0.2) is 42.0 Å². The first-order valence-corrected chi connectivity index (χ1v) is 7.91. The molecule has 2 atom stereocenters. The quantitative estimate of drug-likeness (QED) is 0.853. The summed E-state index contributed by atoms with van der Waals surface area (Å²) in [5, 5.41) is 4.45. The number of carbonyl (C=O) groups excluding carboxylic acids is 1. The third-order valence-electron chi connectivity index (χ3n) is 4.40. The molecule has 2 aliphatic heterocycles. The second-order valence-electron chi connectivity index (χ2n) is 5.70. The zero-order chi connectivity index (χ0) is 13.4. The minimum Gasteiger partial charge on any atom is -0.338 e. The molecule has 1 amide bonds. The second kappa shape index (κ2) is 5.21. The summed E-state index contributed by atoms with van der Waals surface area (Å²) in [6.07, 6.45) is 2.28. The maximum Gasteiger partial charge on any atom is 0.265 e. The van der Waals surface area contributed by atoms with E-state index in [1.54, 1.807) is 0 Å². The van der Waals surface area contributed by atoms with Gasteiger partial charge in [-0.1, -0.05) is 0 Å². The number of rotatable bonds is 1. The summed E-state index contributed by atoms with van der Waals surface area (Å²) in [6, 6.07) is 0. The molecule has 0 radical (unpaired) electrons. The summed E-state index contributed by atoms with van der Waals surface area (Å²) in [7, 11) is 0. The predicted molar refractivity (Wildman–Crippen MR) is 76.6 cm³/mol. The molecule has 2 fully saturated rings. The van der Waals surface area contributed by atoms with Gasteiger partial charge in [-0.05, 0) is 51.6 Å². The van der Waals surface area contributed by atoms with Crippen LogP contribution in [0.4, 0.5) is 0 Å². The van der Waals surface area contributed by atoms with Crippen molar-refractivity contribution in [2.45, 2.75) is 26.7 Å². The Bertz CT molecular complexity index is 471. The highest BCUT2D eigenvalue weighted by Crippen LogP contribution is 2.28. The minimum absolute atomic E-state index is 0.191. The Kier molecular flexibility index (Phi) is 3.58. The lowest BCUT2D eigenvalue weighted by Gasteiger charge is -2.20. The van der Waals surface area contributed by atoms with Crippen LogP contribution in [0.2, 0.25) is 0 Å². The van der Waals surface area contributed by atoms with E-state index in [0.717, 1.165) is 66.4 Å². The van der Waals surface area contributed by atoms with Crippen LogP contribution in [0.5, 0.6) is 0 Å². The zero-order valence-electron chi connectivity index (χ0n) is 11.6. The van der Waals surface area contributed by atoms with E-state index in [-0.39, 0.29) is 5.91 Å². The molecule has 3 heterocycles. The molecule has 1 aromatic heterocycles. The molecule has 0 bridgehead atoms. The highest BCUT2D eigenvalue weighted by molar-refractivity contribution is 7.13. The number of fused-ring (bicyclic) bond motifs is 1. The summed E-state index contributed by atoms with van der Waals surface area (Å²) < 4.78 is 0. The van der Waals surface area contributed by atoms with Crippen molar-refractivity contribution in [1.29, 1.82) is 0 Å². The number of hydrogen-bond donors (Lipinski definition) is 1. The van der Waals surface area contributed by atoms with Gasteiger partial charge in [0, 0.05) is 13.1 Å². The lowest BCUT2D eigenvalue weighted by Crippen LogP contribution is -2.32. The molecule has 0 unspecified atom stereocenters. The van der Waals surface area contributed by atoms with E-state index < -0.39 is 0 Å². The van der Waals surface area contributed by atoms with Crippen LogP contribution >= 0.6 is 11.3 Å². The summed E-state index contributed by atoms with van der Waals surface area (Å²) in [5.74, 6) is 1.72. The summed E-state index contributed by atoms with van der Waals surface area (Å²) in [6.45, 7) is 7.97. The van der Waals surface area contributed by atoms with Crippen molar-refractivity contribution in [3.8, 4) is 0 Å². The van der Waals surface area contributed by atoms with E-state index >= 15 is 0 Å². The number of thiazole rings is 1. The van der Waals surface area contributed by atoms with E-state index in [1.807, 2.05) is 18.7 Å². The van der Waals surface area contributed by atoms with Gasteiger partial charge in [-0.3, -0.25) is 4.79 Å². The molecule has 3 rings (SSSR count). The van der Waals surface area contributed by atoms with E-state index in [4.69, 9.17) is 0 Å². The fourth-order valence-electron chi connectivity index (χ4n) is 3.29. The van der Waals surface area contributed by atoms with Gasteiger partial charge in [-0.15, -0.1) is 11.3 Å². The lowest BCUT2D eigenvalue weighted by molar-refractivity contribution is 0.0762. The van der Waals surface area contributed by atoms with Gasteiger partial charge in [-0.2, -0.15) is 0 Å². The Hall–Kier alpha value is -0.940. The Morgan fingerprint density at radius 1 is 1.26 bits per heavy atom. The number of nitrogens with zero attached hydrogens (tertiary/aromatic N) is 2. The lowest BCUT2D eigenvalue weighted by atomic mass is 9.92. The Morgan fingerprint density at radius 2 is 1.89 bits per heavy atom. The maximum absolute atomic E-state index is 12.6. The molecule has 1 aromatic rings. The highest BCUT2D eigenvalue weighted by atomic mass is 32.1. The average Bonchev–Trinajstić information content (AvgIpc) is 2.90. The van der Waals surface area contributed by atoms with Gasteiger partial charge in [0.2, 0.25) is 0 Å². The topological polar surface area (TPSA) is 45.2 Å². The van der Waals surface area contributed by atoms with Gasteiger partial charge in [0.25, 0.3) is 5.91 Å². The minimum atomic E-state index is 0.191. The van der Waals surface area contributed by atoms with Gasteiger partial charge < -0.3 is 10.2 Å². The first kappa shape index (κ1) is 13.1. The number of hydrogen-bond acceptors (Lipinski definition) is 4. The predicted octanol–water partition coefficient (Wildman–Crippen LogP) is 1.83. The first-order valence-electron chi connectivity index (χ1n) is 7.09. The van der Waals surface area contributed by atoms with Crippen molar-refractivity contribution in [2.75, 3.05) is 26.2 Å². The molecule has 2 aliphatic rings. The van der Waals surface area contributed by atoms with Gasteiger partial charge in [0.1, 0.15) is 4.88 Å². The number of aromatic nitrogens is 1. The van der Waals surface area contributed by atoms with Gasteiger partial charge in [-0.25, -0.2) is 4.98 Å². The van der Waals surface area contributed by atoms with Crippen molar-refractivity contribution in [3.63, 3.8) is 0 Å². The Balaban J connectivity index is 1.72. The van der Waals surface area contributed by atoms with Crippen molar-refractivity contribution in [2.24, 2.45) is 11.8 Å². The molecule has 19 heavy (non-hydrogen) atoms. The maximum atomic E-state index is 12.6. The van der Waals surface area contributed by atoms with Crippen LogP contribution in [0.25, 0.3) is 0 Å². The smallest absolute Gasteiger partial charge is 0.265 e. The third kappa shape index (κ3) is 2.54. The molecular formula is C14H21N3OS. The van der Waals surface area contributed by atoms with E-state index in [2.05, 4.69) is 10.3 Å². The SMILES string of the molecule is Cc1nc(C)c(C(=O)N2CC[C@@H]3CNC[C@@H]3CC2)s1. The van der Waals surface area contributed by atoms with Gasteiger partial charge in [0.15, 0.2) is 0 Å². The number of amides is 1. The monoisotopic (exact) mass is 279 g/mol. The summed E-state index contributed by atoms with van der Waals surface area (Å²) in [4.78, 5) is 19.8. The normalized spacial score (nSPS) is 27.2. The highest BCUT2D eigenvalue weighted by Gasteiger charge is 2.32. The van der Waals surface area contributed by atoms with Crippen LogP contribution in [-0.2, 0) is 0 Å². The third-order valence-corrected chi connectivity index (χ3v) is 5.47. The molecule has 5 heteroatoms. The van der Waals surface area contributed by atoms with Crippen LogP contribution < -0.4 is 5.32 Å². The first-order chi connectivity index (χ1) is 9.15. The van der Waals surface area contributed by atoms with Crippen LogP contribution in [0.15, 0.2) is 0 Å². The van der Waals surface area contributed by atoms with E-state index in [0.29, 0.717) is 0 Å². The molecule has 0 aliphatic carbocycles. The Morgan fingerprint density at radius 3 is 2.42 bits per heavy atom. The average molecular weight is 279 g/mol. The number of aryl methyl sites for hydroxylation is 2. The van der Waals surface area contributed by atoms with Crippen LogP contribution in [0, 0.1) is 25.7 Å². The van der Waals surface area contributed by atoms with Crippen LogP contribution in [0.1, 0.15) is 33.2 Å². The summed E-state index contributed by atoms with van der Waals surface area (Å²) in [5.41, 5.74) is 0.888. The van der Waals surface area contributed by atoms with Crippen LogP contribution in [0.3, 0.4) is 0 Å². The molecule has 0 aromatic carbocycles. The fourth-order valence-corrected chi connectivity index (χ4v) is 4.18. The van der Waals surface area contributed by atoms with Gasteiger partial charge >= 0.3 is 0 Å². The number of carbonyl (C=O) groups is 1. The zero-order valence-corrected chi connectivity index (χ0v) is 12.4. The number of likely N-dealkylation sites (tertiary alicyclic amines) is 1. The van der Waals surface area contributed by atoms with E-state index in [1.165, 1.54) is 11.3 Å². The molecule has 104 valence electrons. The molecule has 1 N–H and O–H groups in total. The molecule has 2 saturated heterocycles. The number of nitrogens with one attached hydrogen (secondary N) is 1. The van der Waals surface area contributed by atoms with Gasteiger partial charge in [0.05, 0.1) is 10.7 Å². The summed E-state index contributed by atoms with van der Waals surface area (Å²) >= 11 is 1.53. The second-order valence-corrected chi connectivity index (χ2v) is 6.90. The van der Waals surface area contributed by atoms with E-state index in [9.17, 15) is 4.79 Å². The molecule has 0 saturated carbocycles. The molecular weight excluding hydrogens is 258 g/mol. The van der Waals surface area contributed by atoms with Crippen molar-refractivity contribution < 1.29 is 4.79 Å². The fraction of sp³-hybridized carbons (Fsp3) is 0.714. The standard InChI is InChI=1S/C14H21N3OS/c1-9-13(19-10(2)16-9)14(18)17-5-3-11-7-15-8-12(11)4-6-17/h11-12,15H,3-8H2,1-2H3/t11-,12+. The molecule has 0 spiro atoms. The van der Waals surface area contributed by atoms with Crippen molar-refractivity contribution in [3.05, 3.63) is 15.6 Å².